The van der Waals surface area contributed by atoms with Crippen molar-refractivity contribution in [1.29, 1.82) is 5.41 Å². The van der Waals surface area contributed by atoms with Crippen LogP contribution < -0.4 is 5.32 Å². The van der Waals surface area contributed by atoms with Gasteiger partial charge in [-0.3, -0.25) is 39.0 Å². The smallest absolute Gasteiger partial charge is 0.346 e. The van der Waals surface area contributed by atoms with Gasteiger partial charge in [-0.15, -0.1) is 0 Å². The Morgan fingerprint density at radius 3 is 2.88 bits per heavy atom. The van der Waals surface area contributed by atoms with Gasteiger partial charge in [-0.05, 0) is 11.8 Å². The Labute approximate surface area is 249 Å². The third-order valence-electron chi connectivity index (χ3n) is 6.44. The van der Waals surface area contributed by atoms with Crippen molar-refractivity contribution >= 4 is 72.8 Å². The quantitative estimate of drug-likeness (QED) is 0.243. The number of nitrogens with one attached hydrogen (secondary N) is 2. The molecule has 0 saturated carbocycles. The molecular weight excluding hydrogens is 665 g/mol. The number of aliphatic imine (C=N–C) groups is 2. The minimum absolute atomic E-state index is 0.0199. The summed E-state index contributed by atoms with van der Waals surface area (Å²) in [5.41, 5.74) is 0.0845. The molecule has 0 radical (unpaired) electrons. The molecule has 2 bridgehead atoms. The van der Waals surface area contributed by atoms with Crippen LogP contribution in [0.4, 0.5) is 13.2 Å². The van der Waals surface area contributed by atoms with Crippen LogP contribution in [-0.2, 0) is 57.1 Å². The second-order valence-electron chi connectivity index (χ2n) is 9.44. The highest BCUT2D eigenvalue weighted by atomic mass is 32.7. The molecule has 1 fully saturated rings. The van der Waals surface area contributed by atoms with E-state index in [1.165, 1.54) is 6.20 Å². The van der Waals surface area contributed by atoms with E-state index in [1.807, 2.05) is 0 Å². The van der Waals surface area contributed by atoms with Crippen molar-refractivity contribution in [1.82, 2.24) is 29.7 Å². The van der Waals surface area contributed by atoms with E-state index in [2.05, 4.69) is 42.5 Å². The Morgan fingerprint density at radius 2 is 2.09 bits per heavy atom. The summed E-state index contributed by atoms with van der Waals surface area (Å²) in [6.45, 7) is -12.9. The zero-order valence-corrected chi connectivity index (χ0v) is 24.8. The molecule has 232 valence electrons. The highest BCUT2D eigenvalue weighted by molar-refractivity contribution is 8.44. The van der Waals surface area contributed by atoms with Crippen LogP contribution >= 0.6 is 25.8 Å². The predicted molar refractivity (Wildman–Crippen MR) is 146 cm³/mol. The van der Waals surface area contributed by atoms with Gasteiger partial charge in [-0.25, -0.2) is 32.7 Å². The number of carbonyl (C=O) groups is 1. The number of carbonyl (C=O) groups excluding carboxylic acids is 1. The van der Waals surface area contributed by atoms with Gasteiger partial charge in [0.15, 0.2) is 29.9 Å². The zero-order chi connectivity index (χ0) is 30.7. The monoisotopic (exact) mass is 685 g/mol. The molecule has 0 spiro atoms. The summed E-state index contributed by atoms with van der Waals surface area (Å²) in [4.78, 5) is 44.2. The van der Waals surface area contributed by atoms with Gasteiger partial charge in [0.05, 0.1) is 25.7 Å². The molecule has 24 heteroatoms. The van der Waals surface area contributed by atoms with Gasteiger partial charge in [0.25, 0.3) is 11.8 Å². The van der Waals surface area contributed by atoms with Crippen molar-refractivity contribution in [3.8, 4) is 0 Å². The SMILES string of the molecule is N=C1N=C2C(N=CN2[C@H]2O[C@@H]3COP(=O)(S)OCC(F)(F)Cn4c(nc5cncnc54)COP(O)(=S)O[C@@H]2[C@H]3F)C(=O)N1. The van der Waals surface area contributed by atoms with Gasteiger partial charge in [0.1, 0.15) is 43.1 Å². The van der Waals surface area contributed by atoms with Crippen molar-refractivity contribution < 1.29 is 50.3 Å². The van der Waals surface area contributed by atoms with Crippen LogP contribution in [0.2, 0.25) is 0 Å². The third-order valence-corrected chi connectivity index (χ3v) is 9.60. The minimum Gasteiger partial charge on any atom is -0.346 e. The van der Waals surface area contributed by atoms with Crippen molar-refractivity contribution in [2.75, 3.05) is 13.2 Å². The molecule has 3 unspecified atom stereocenters. The lowest BCUT2D eigenvalue weighted by Gasteiger charge is -2.31. The lowest BCUT2D eigenvalue weighted by molar-refractivity contribution is -0.119. The maximum absolute atomic E-state index is 15.9. The van der Waals surface area contributed by atoms with E-state index >= 15 is 13.2 Å². The average molecular weight is 686 g/mol. The summed E-state index contributed by atoms with van der Waals surface area (Å²) in [7, 11) is 0. The molecule has 4 aliphatic heterocycles. The van der Waals surface area contributed by atoms with Crippen molar-refractivity contribution in [2.24, 2.45) is 9.98 Å². The fourth-order valence-electron chi connectivity index (χ4n) is 4.58. The minimum atomic E-state index is -4.51. The first-order valence-electron chi connectivity index (χ1n) is 12.1. The summed E-state index contributed by atoms with van der Waals surface area (Å²) < 4.78 is 86.2. The van der Waals surface area contributed by atoms with Crippen molar-refractivity contribution in [2.45, 2.75) is 49.7 Å². The predicted octanol–water partition coefficient (Wildman–Crippen LogP) is 0.903. The largest absolute Gasteiger partial charge is 0.386 e. The second kappa shape index (κ2) is 11.2. The fourth-order valence-corrected chi connectivity index (χ4v) is 7.04. The molecule has 43 heavy (non-hydrogen) atoms. The zero-order valence-electron chi connectivity index (χ0n) is 21.3. The third kappa shape index (κ3) is 6.26. The summed E-state index contributed by atoms with van der Waals surface area (Å²) >= 11 is 8.84. The highest BCUT2D eigenvalue weighted by Gasteiger charge is 2.54. The summed E-state index contributed by atoms with van der Waals surface area (Å²) in [6.07, 6.45) is -3.58. The molecule has 1 amide bonds. The number of thiol groups is 1. The standard InChI is InChI=1S/C19H20F3N9O8P2S2/c20-11-9-2-35-40(33,42)37-5-19(21,22)4-30-10(27-8-1-24-6-25-14(8)30)3-36-41(34,43)39-13(11)17(38-9)31-7-26-12-15(31)28-18(23)29-16(12)32/h1,6-7,9,11-13,17H,2-5H2,(H,33,42)(H,34,43)(H2,23,29,32)/t9-,11+,12?,13-,17+,40?,41?/m1/s1. The van der Waals surface area contributed by atoms with Crippen molar-refractivity contribution in [3.63, 3.8) is 0 Å². The Bertz CT molecular complexity index is 1650. The normalized spacial score (nSPS) is 36.7. The first kappa shape index (κ1) is 30.6. The molecule has 0 aliphatic carbocycles. The molecular formula is C19H20F3N9O8P2S2. The van der Waals surface area contributed by atoms with Crippen LogP contribution in [0.5, 0.6) is 0 Å². The molecule has 2 aromatic rings. The first-order valence-corrected chi connectivity index (χ1v) is 17.4. The number of halogens is 3. The van der Waals surface area contributed by atoms with Gasteiger partial charge >= 0.3 is 13.5 Å². The van der Waals surface area contributed by atoms with Gasteiger partial charge in [0, 0.05) is 0 Å². The summed E-state index contributed by atoms with van der Waals surface area (Å²) in [5.74, 6) is -5.17. The molecule has 6 rings (SSSR count). The lowest BCUT2D eigenvalue weighted by atomic mass is 10.1. The van der Waals surface area contributed by atoms with Crippen LogP contribution in [0.1, 0.15) is 5.82 Å². The van der Waals surface area contributed by atoms with E-state index in [-0.39, 0.29) is 22.8 Å². The number of rotatable bonds is 1. The van der Waals surface area contributed by atoms with E-state index in [4.69, 9.17) is 40.0 Å². The lowest BCUT2D eigenvalue weighted by Crippen LogP contribution is -2.53. The number of imidazole rings is 1. The Kier molecular flexibility index (Phi) is 7.98. The van der Waals surface area contributed by atoms with E-state index in [1.54, 1.807) is 0 Å². The number of nitrogens with zero attached hydrogens (tertiary/aromatic N) is 7. The summed E-state index contributed by atoms with van der Waals surface area (Å²) in [6, 6.07) is -1.19. The van der Waals surface area contributed by atoms with E-state index in [9.17, 15) is 14.3 Å². The number of amides is 1. The van der Waals surface area contributed by atoms with Gasteiger partial charge in [0.2, 0.25) is 5.96 Å². The van der Waals surface area contributed by atoms with Crippen molar-refractivity contribution in [3.05, 3.63) is 18.3 Å². The number of ether oxygens (including phenoxy) is 1. The average Bonchev–Trinajstić information content (AvgIpc) is 3.59. The molecule has 7 atom stereocenters. The molecule has 17 nitrogen and oxygen atoms in total. The Hall–Kier alpha value is -2.39. The topological polar surface area (TPSA) is 208 Å². The van der Waals surface area contributed by atoms with Crippen LogP contribution in [-0.4, -0.2) is 103 Å². The molecule has 4 aliphatic rings. The van der Waals surface area contributed by atoms with Crippen LogP contribution in [0, 0.1) is 5.41 Å². The van der Waals surface area contributed by atoms with E-state index in [0.29, 0.717) is 0 Å². The van der Waals surface area contributed by atoms with Crippen LogP contribution in [0.25, 0.3) is 11.2 Å². The number of alkyl halides is 3. The van der Waals surface area contributed by atoms with Gasteiger partial charge in [-0.1, -0.05) is 12.2 Å². The number of hydrogen-bond acceptors (Lipinski definition) is 14. The molecule has 6 heterocycles. The van der Waals surface area contributed by atoms with Crippen LogP contribution in [0.3, 0.4) is 0 Å². The van der Waals surface area contributed by atoms with Crippen LogP contribution in [0.15, 0.2) is 22.5 Å². The van der Waals surface area contributed by atoms with E-state index in [0.717, 1.165) is 22.1 Å². The number of hydrogen-bond donors (Lipinski definition) is 4. The number of guanidine groups is 1. The number of fused-ring (bicyclic) bond motifs is 6. The Morgan fingerprint density at radius 1 is 1.30 bits per heavy atom. The molecule has 3 N–H and O–H groups in total. The maximum Gasteiger partial charge on any atom is 0.386 e. The molecule has 2 aromatic heterocycles. The second-order valence-corrected chi connectivity index (χ2v) is 15.2. The van der Waals surface area contributed by atoms with E-state index < -0.39 is 88.3 Å². The number of aromatic nitrogens is 4. The molecule has 0 aromatic carbocycles. The highest BCUT2D eigenvalue weighted by Crippen LogP contribution is 2.55. The first-order chi connectivity index (χ1) is 20.2. The van der Waals surface area contributed by atoms with Gasteiger partial charge in [-0.2, -0.15) is 4.99 Å². The fraction of sp³-hybridized carbons (Fsp3) is 0.526. The maximum atomic E-state index is 15.9. The number of amidine groups is 1. The summed E-state index contributed by atoms with van der Waals surface area (Å²) in [5, 5.41) is 9.94. The van der Waals surface area contributed by atoms with Gasteiger partial charge < -0.3 is 18.7 Å². The Balaban J connectivity index is 1.35. The molecule has 1 saturated heterocycles.